The van der Waals surface area contributed by atoms with Crippen LogP contribution in [0, 0.1) is 11.3 Å². The summed E-state index contributed by atoms with van der Waals surface area (Å²) in [5.41, 5.74) is 6.16. The van der Waals surface area contributed by atoms with Gasteiger partial charge in [0.2, 0.25) is 5.91 Å². The maximum atomic E-state index is 10.4. The van der Waals surface area contributed by atoms with Gasteiger partial charge in [0.15, 0.2) is 0 Å². The summed E-state index contributed by atoms with van der Waals surface area (Å²) >= 11 is 0. The Morgan fingerprint density at radius 1 is 1.64 bits per heavy atom. The van der Waals surface area contributed by atoms with Crippen molar-refractivity contribution in [3.8, 4) is 6.07 Å². The summed E-state index contributed by atoms with van der Waals surface area (Å²) in [6.45, 7) is 0. The highest BCUT2D eigenvalue weighted by molar-refractivity contribution is 5.76. The lowest BCUT2D eigenvalue weighted by Gasteiger charge is -1.91. The zero-order valence-electron chi connectivity index (χ0n) is 7.47. The third-order valence-electron chi connectivity index (χ3n) is 1.52. The van der Waals surface area contributed by atoms with Crippen molar-refractivity contribution < 1.29 is 4.79 Å². The lowest BCUT2D eigenvalue weighted by atomic mass is 10.2. The highest BCUT2D eigenvalue weighted by Gasteiger charge is 1.91. The fraction of sp³-hybridized carbons (Fsp3) is 0.100. The number of hydrogen-bond donors (Lipinski definition) is 1. The van der Waals surface area contributed by atoms with E-state index < -0.39 is 0 Å². The monoisotopic (exact) mass is 187 g/mol. The Hall–Kier alpha value is -2.15. The van der Waals surface area contributed by atoms with Gasteiger partial charge < -0.3 is 5.73 Å². The minimum atomic E-state index is -0.380. The highest BCUT2D eigenvalue weighted by Crippen LogP contribution is 2.01. The van der Waals surface area contributed by atoms with Crippen LogP contribution in [0.1, 0.15) is 17.7 Å². The molecule has 0 fully saturated rings. The van der Waals surface area contributed by atoms with Crippen LogP contribution in [0.3, 0.4) is 0 Å². The van der Waals surface area contributed by atoms with Crippen LogP contribution in [0.5, 0.6) is 0 Å². The number of nitrogens with zero attached hydrogens (tertiary/aromatic N) is 2. The first-order chi connectivity index (χ1) is 6.72. The van der Waals surface area contributed by atoms with E-state index in [9.17, 15) is 4.79 Å². The third kappa shape index (κ3) is 3.07. The molecule has 1 aromatic rings. The fourth-order valence-corrected chi connectivity index (χ4v) is 0.866. The first-order valence-electron chi connectivity index (χ1n) is 4.03. The highest BCUT2D eigenvalue weighted by atomic mass is 16.1. The van der Waals surface area contributed by atoms with E-state index in [1.165, 1.54) is 6.20 Å². The van der Waals surface area contributed by atoms with Gasteiger partial charge in [-0.25, -0.2) is 0 Å². The molecular weight excluding hydrogens is 178 g/mol. The van der Waals surface area contributed by atoms with Crippen LogP contribution in [-0.2, 0) is 4.79 Å². The standard InChI is InChI=1S/C10H9N3O/c11-6-8-4-5-9(13-7-8)2-1-3-10(12)14/h1-2,4-5,7H,3H2,(H2,12,14). The summed E-state index contributed by atoms with van der Waals surface area (Å²) in [5.74, 6) is -0.380. The first-order valence-corrected chi connectivity index (χ1v) is 4.03. The number of rotatable bonds is 3. The van der Waals surface area contributed by atoms with Crippen molar-refractivity contribution in [2.75, 3.05) is 0 Å². The van der Waals surface area contributed by atoms with Gasteiger partial charge in [0.1, 0.15) is 6.07 Å². The van der Waals surface area contributed by atoms with Gasteiger partial charge in [-0.2, -0.15) is 5.26 Å². The van der Waals surface area contributed by atoms with Gasteiger partial charge in [-0.15, -0.1) is 0 Å². The molecule has 0 spiro atoms. The van der Waals surface area contributed by atoms with E-state index in [1.54, 1.807) is 24.3 Å². The number of carbonyl (C=O) groups is 1. The number of primary amides is 1. The van der Waals surface area contributed by atoms with Crippen LogP contribution >= 0.6 is 0 Å². The molecule has 0 aliphatic carbocycles. The zero-order valence-corrected chi connectivity index (χ0v) is 7.47. The van der Waals surface area contributed by atoms with Crippen LogP contribution in [0.2, 0.25) is 0 Å². The molecule has 4 nitrogen and oxygen atoms in total. The van der Waals surface area contributed by atoms with Gasteiger partial charge >= 0.3 is 0 Å². The SMILES string of the molecule is N#Cc1ccc(C=CCC(N)=O)nc1. The van der Waals surface area contributed by atoms with Crippen LogP contribution in [0.15, 0.2) is 24.4 Å². The summed E-state index contributed by atoms with van der Waals surface area (Å²) in [6.07, 6.45) is 4.99. The van der Waals surface area contributed by atoms with Crippen molar-refractivity contribution in [3.63, 3.8) is 0 Å². The van der Waals surface area contributed by atoms with Crippen molar-refractivity contribution in [2.24, 2.45) is 5.73 Å². The number of hydrogen-bond acceptors (Lipinski definition) is 3. The van der Waals surface area contributed by atoms with Crippen molar-refractivity contribution in [1.82, 2.24) is 4.98 Å². The normalized spacial score (nSPS) is 9.93. The average Bonchev–Trinajstić information content (AvgIpc) is 2.18. The van der Waals surface area contributed by atoms with Crippen LogP contribution in [0.25, 0.3) is 6.08 Å². The molecule has 4 heteroatoms. The Morgan fingerprint density at radius 3 is 2.93 bits per heavy atom. The summed E-state index contributed by atoms with van der Waals surface area (Å²) < 4.78 is 0. The van der Waals surface area contributed by atoms with Gasteiger partial charge in [-0.3, -0.25) is 9.78 Å². The average molecular weight is 187 g/mol. The Bertz CT molecular complexity index is 387. The molecular formula is C10H9N3O. The molecule has 0 aliphatic rings. The summed E-state index contributed by atoms with van der Waals surface area (Å²) in [6, 6.07) is 5.34. The van der Waals surface area contributed by atoms with Crippen molar-refractivity contribution in [1.29, 1.82) is 5.26 Å². The van der Waals surface area contributed by atoms with E-state index in [4.69, 9.17) is 11.0 Å². The zero-order chi connectivity index (χ0) is 10.4. The number of pyridine rings is 1. The van der Waals surface area contributed by atoms with Gasteiger partial charge in [-0.1, -0.05) is 6.08 Å². The van der Waals surface area contributed by atoms with Crippen LogP contribution in [-0.4, -0.2) is 10.9 Å². The number of nitrogens with two attached hydrogens (primary N) is 1. The van der Waals surface area contributed by atoms with Crippen molar-refractivity contribution in [3.05, 3.63) is 35.7 Å². The molecule has 0 aliphatic heterocycles. The first kappa shape index (κ1) is 9.93. The second-order valence-electron chi connectivity index (χ2n) is 2.66. The maximum absolute atomic E-state index is 10.4. The van der Waals surface area contributed by atoms with Crippen molar-refractivity contribution >= 4 is 12.0 Å². The van der Waals surface area contributed by atoms with Gasteiger partial charge in [0, 0.05) is 12.6 Å². The van der Waals surface area contributed by atoms with E-state index >= 15 is 0 Å². The van der Waals surface area contributed by atoms with E-state index in [0.29, 0.717) is 11.3 Å². The van der Waals surface area contributed by atoms with E-state index in [2.05, 4.69) is 4.98 Å². The van der Waals surface area contributed by atoms with Gasteiger partial charge in [0.05, 0.1) is 11.3 Å². The Kier molecular flexibility index (Phi) is 3.39. The maximum Gasteiger partial charge on any atom is 0.221 e. The number of carbonyl (C=O) groups excluding carboxylic acids is 1. The molecule has 2 N–H and O–H groups in total. The van der Waals surface area contributed by atoms with E-state index in [0.717, 1.165) is 0 Å². The van der Waals surface area contributed by atoms with E-state index in [1.807, 2.05) is 6.07 Å². The topological polar surface area (TPSA) is 79.8 Å². The fourth-order valence-electron chi connectivity index (χ4n) is 0.866. The smallest absolute Gasteiger partial charge is 0.221 e. The van der Waals surface area contributed by atoms with Crippen LogP contribution < -0.4 is 5.73 Å². The Morgan fingerprint density at radius 2 is 2.43 bits per heavy atom. The summed E-state index contributed by atoms with van der Waals surface area (Å²) in [5, 5.41) is 8.51. The summed E-state index contributed by atoms with van der Waals surface area (Å²) in [4.78, 5) is 14.4. The second-order valence-corrected chi connectivity index (χ2v) is 2.66. The molecule has 1 rings (SSSR count). The Labute approximate surface area is 81.7 Å². The molecule has 70 valence electrons. The molecule has 0 saturated carbocycles. The molecule has 1 amide bonds. The second kappa shape index (κ2) is 4.77. The molecule has 0 saturated heterocycles. The molecule has 0 unspecified atom stereocenters. The molecule has 1 aromatic heterocycles. The number of amides is 1. The van der Waals surface area contributed by atoms with Crippen LogP contribution in [0.4, 0.5) is 0 Å². The third-order valence-corrected chi connectivity index (χ3v) is 1.52. The largest absolute Gasteiger partial charge is 0.369 e. The van der Waals surface area contributed by atoms with Gasteiger partial charge in [0.25, 0.3) is 0 Å². The predicted molar refractivity (Wildman–Crippen MR) is 51.8 cm³/mol. The lowest BCUT2D eigenvalue weighted by Crippen LogP contribution is -2.07. The van der Waals surface area contributed by atoms with E-state index in [-0.39, 0.29) is 12.3 Å². The molecule has 1 heterocycles. The summed E-state index contributed by atoms with van der Waals surface area (Å²) in [7, 11) is 0. The molecule has 0 atom stereocenters. The molecule has 14 heavy (non-hydrogen) atoms. The lowest BCUT2D eigenvalue weighted by molar-refractivity contribution is -0.117. The van der Waals surface area contributed by atoms with Gasteiger partial charge in [-0.05, 0) is 18.2 Å². The minimum absolute atomic E-state index is 0.196. The predicted octanol–water partition coefficient (Wildman–Crippen LogP) is 0.842. The molecule has 0 aromatic carbocycles. The molecule has 0 radical (unpaired) electrons. The quantitative estimate of drug-likeness (QED) is 0.761. The Balaban J connectivity index is 2.65. The number of aromatic nitrogens is 1. The minimum Gasteiger partial charge on any atom is -0.369 e. The molecule has 0 bridgehead atoms. The van der Waals surface area contributed by atoms with Crippen molar-refractivity contribution in [2.45, 2.75) is 6.42 Å². The number of nitriles is 1.